The highest BCUT2D eigenvalue weighted by atomic mass is 16.2. The van der Waals surface area contributed by atoms with Crippen LogP contribution in [0.3, 0.4) is 0 Å². The molecule has 10 heteroatoms. The second-order valence-corrected chi connectivity index (χ2v) is 7.75. The summed E-state index contributed by atoms with van der Waals surface area (Å²) in [5.74, 6) is -0.796. The van der Waals surface area contributed by atoms with Gasteiger partial charge in [0, 0.05) is 0 Å². The number of aromatic amines is 1. The van der Waals surface area contributed by atoms with Gasteiger partial charge in [-0.3, -0.25) is 29.7 Å². The fourth-order valence-corrected chi connectivity index (χ4v) is 3.98. The number of hydrogen-bond donors (Lipinski definition) is 3. The lowest BCUT2D eigenvalue weighted by atomic mass is 9.77. The molecule has 1 aromatic heterocycles. The topological polar surface area (TPSA) is 133 Å². The van der Waals surface area contributed by atoms with Crippen molar-refractivity contribution in [3.63, 3.8) is 0 Å². The first-order chi connectivity index (χ1) is 13.8. The van der Waals surface area contributed by atoms with E-state index in [0.29, 0.717) is 23.8 Å². The van der Waals surface area contributed by atoms with E-state index in [2.05, 4.69) is 22.8 Å². The molecule has 29 heavy (non-hydrogen) atoms. The minimum absolute atomic E-state index is 0.175. The molecule has 4 amide bonds. The van der Waals surface area contributed by atoms with Crippen molar-refractivity contribution in [2.45, 2.75) is 44.7 Å². The minimum atomic E-state index is -0.981. The summed E-state index contributed by atoms with van der Waals surface area (Å²) in [4.78, 5) is 62.1. The van der Waals surface area contributed by atoms with Crippen LogP contribution >= 0.6 is 0 Å². The van der Waals surface area contributed by atoms with E-state index >= 15 is 0 Å². The minimum Gasteiger partial charge on any atom is -0.322 e. The van der Waals surface area contributed by atoms with Gasteiger partial charge in [-0.1, -0.05) is 19.1 Å². The van der Waals surface area contributed by atoms with E-state index in [9.17, 15) is 24.0 Å². The van der Waals surface area contributed by atoms with Crippen molar-refractivity contribution in [1.29, 1.82) is 0 Å². The number of carbonyl (C=O) groups is 3. The van der Waals surface area contributed by atoms with Crippen LogP contribution in [0.1, 0.15) is 32.6 Å². The van der Waals surface area contributed by atoms with Crippen molar-refractivity contribution < 1.29 is 14.4 Å². The third-order valence-corrected chi connectivity index (χ3v) is 5.71. The van der Waals surface area contributed by atoms with Crippen LogP contribution in [-0.4, -0.2) is 38.2 Å². The normalized spacial score (nSPS) is 24.2. The molecule has 2 fully saturated rings. The SMILES string of the molecule is CC1CCC2(CC1)NC(=O)N(NC(=O)Cn1[nH]c(=O)c3ccccc3c1=O)C2=O. The third kappa shape index (κ3) is 3.20. The summed E-state index contributed by atoms with van der Waals surface area (Å²) in [6, 6.07) is 5.56. The molecule has 0 atom stereocenters. The van der Waals surface area contributed by atoms with Crippen molar-refractivity contribution in [3.05, 3.63) is 45.0 Å². The van der Waals surface area contributed by atoms with E-state index in [-0.39, 0.29) is 10.8 Å². The van der Waals surface area contributed by atoms with E-state index in [1.165, 1.54) is 12.1 Å². The Balaban J connectivity index is 1.52. The molecule has 10 nitrogen and oxygen atoms in total. The standard InChI is InChI=1S/C19H21N5O5/c1-11-6-8-19(9-7-11)17(28)24(18(29)20-19)21-14(25)10-23-16(27)13-5-3-2-4-12(13)15(26)22-23/h2-5,11H,6-10H2,1H3,(H,20,29)(H,21,25)(H,22,26). The molecule has 0 unspecified atom stereocenters. The Kier molecular flexibility index (Phi) is 4.48. The monoisotopic (exact) mass is 399 g/mol. The number of nitrogens with one attached hydrogen (secondary N) is 3. The van der Waals surface area contributed by atoms with E-state index in [4.69, 9.17) is 0 Å². The average molecular weight is 399 g/mol. The number of urea groups is 1. The lowest BCUT2D eigenvalue weighted by Crippen LogP contribution is -2.52. The van der Waals surface area contributed by atoms with Crippen LogP contribution < -0.4 is 21.9 Å². The van der Waals surface area contributed by atoms with Crippen LogP contribution in [0.5, 0.6) is 0 Å². The van der Waals surface area contributed by atoms with Gasteiger partial charge in [0.2, 0.25) is 0 Å². The number of hydrazine groups is 1. The summed E-state index contributed by atoms with van der Waals surface area (Å²) in [5.41, 5.74) is 0.208. The molecule has 3 N–H and O–H groups in total. The molecule has 2 heterocycles. The summed E-state index contributed by atoms with van der Waals surface area (Å²) in [6.07, 6.45) is 2.65. The lowest BCUT2D eigenvalue weighted by Gasteiger charge is -2.33. The Morgan fingerprint density at radius 2 is 1.79 bits per heavy atom. The largest absolute Gasteiger partial charge is 0.344 e. The molecular weight excluding hydrogens is 378 g/mol. The summed E-state index contributed by atoms with van der Waals surface area (Å²) < 4.78 is 0.858. The predicted octanol–water partition coefficient (Wildman–Crippen LogP) is 0.222. The van der Waals surface area contributed by atoms with Crippen LogP contribution in [0.15, 0.2) is 33.9 Å². The fraction of sp³-hybridized carbons (Fsp3) is 0.421. The van der Waals surface area contributed by atoms with Crippen LogP contribution in [0.25, 0.3) is 10.8 Å². The van der Waals surface area contributed by atoms with Crippen LogP contribution in [0.4, 0.5) is 4.79 Å². The number of fused-ring (bicyclic) bond motifs is 1. The van der Waals surface area contributed by atoms with Crippen molar-refractivity contribution in [1.82, 2.24) is 25.5 Å². The van der Waals surface area contributed by atoms with Gasteiger partial charge in [-0.05, 0) is 43.7 Å². The third-order valence-electron chi connectivity index (χ3n) is 5.71. The molecule has 1 spiro atoms. The summed E-state index contributed by atoms with van der Waals surface area (Å²) in [6.45, 7) is 1.55. The quantitative estimate of drug-likeness (QED) is 0.635. The zero-order chi connectivity index (χ0) is 20.8. The maximum absolute atomic E-state index is 12.8. The number of imide groups is 1. The van der Waals surface area contributed by atoms with Crippen LogP contribution in [-0.2, 0) is 16.1 Å². The van der Waals surface area contributed by atoms with Crippen molar-refractivity contribution in [2.24, 2.45) is 5.92 Å². The van der Waals surface area contributed by atoms with Crippen molar-refractivity contribution in [2.75, 3.05) is 0 Å². The number of hydrogen-bond acceptors (Lipinski definition) is 5. The Hall–Kier alpha value is -3.43. The highest BCUT2D eigenvalue weighted by Gasteiger charge is 2.52. The molecular formula is C19H21N5O5. The zero-order valence-electron chi connectivity index (χ0n) is 15.9. The highest BCUT2D eigenvalue weighted by Crippen LogP contribution is 2.35. The molecule has 4 rings (SSSR count). The number of amides is 4. The molecule has 1 aliphatic carbocycles. The maximum Gasteiger partial charge on any atom is 0.344 e. The summed E-state index contributed by atoms with van der Waals surface area (Å²) in [5, 5.41) is 6.11. The van der Waals surface area contributed by atoms with Gasteiger partial charge in [-0.2, -0.15) is 5.01 Å². The van der Waals surface area contributed by atoms with E-state index < -0.39 is 41.0 Å². The highest BCUT2D eigenvalue weighted by molar-refractivity contribution is 6.08. The Labute approximate surface area is 164 Å². The summed E-state index contributed by atoms with van der Waals surface area (Å²) >= 11 is 0. The van der Waals surface area contributed by atoms with Gasteiger partial charge >= 0.3 is 6.03 Å². The second kappa shape index (κ2) is 6.87. The number of carbonyl (C=O) groups excluding carboxylic acids is 3. The first kappa shape index (κ1) is 18.9. The van der Waals surface area contributed by atoms with Gasteiger partial charge in [0.25, 0.3) is 22.9 Å². The van der Waals surface area contributed by atoms with Crippen LogP contribution in [0.2, 0.25) is 0 Å². The smallest absolute Gasteiger partial charge is 0.322 e. The van der Waals surface area contributed by atoms with Gasteiger partial charge < -0.3 is 5.32 Å². The number of benzene rings is 1. The van der Waals surface area contributed by atoms with E-state index in [1.807, 2.05) is 0 Å². The molecule has 1 saturated carbocycles. The molecule has 2 aliphatic rings. The van der Waals surface area contributed by atoms with E-state index in [1.54, 1.807) is 12.1 Å². The predicted molar refractivity (Wildman–Crippen MR) is 103 cm³/mol. The Morgan fingerprint density at radius 3 is 2.48 bits per heavy atom. The molecule has 0 bridgehead atoms. The molecule has 2 aromatic rings. The average Bonchev–Trinajstić information content (AvgIpc) is 2.92. The van der Waals surface area contributed by atoms with Gasteiger partial charge in [0.1, 0.15) is 12.1 Å². The molecule has 1 aromatic carbocycles. The first-order valence-corrected chi connectivity index (χ1v) is 9.49. The number of nitrogens with zero attached hydrogens (tertiary/aromatic N) is 2. The lowest BCUT2D eigenvalue weighted by molar-refractivity contribution is -0.140. The van der Waals surface area contributed by atoms with Gasteiger partial charge in [0.05, 0.1) is 10.8 Å². The van der Waals surface area contributed by atoms with E-state index in [0.717, 1.165) is 17.5 Å². The number of aromatic nitrogens is 2. The number of H-pyrrole nitrogens is 1. The van der Waals surface area contributed by atoms with Crippen molar-refractivity contribution >= 4 is 28.6 Å². The van der Waals surface area contributed by atoms with Gasteiger partial charge in [-0.25, -0.2) is 9.48 Å². The summed E-state index contributed by atoms with van der Waals surface area (Å²) in [7, 11) is 0. The number of rotatable bonds is 3. The van der Waals surface area contributed by atoms with Crippen LogP contribution in [0, 0.1) is 5.92 Å². The van der Waals surface area contributed by atoms with Gasteiger partial charge in [0.15, 0.2) is 0 Å². The van der Waals surface area contributed by atoms with Gasteiger partial charge in [-0.15, -0.1) is 0 Å². The Morgan fingerprint density at radius 1 is 1.14 bits per heavy atom. The molecule has 152 valence electrons. The maximum atomic E-state index is 12.8. The van der Waals surface area contributed by atoms with Crippen molar-refractivity contribution in [3.8, 4) is 0 Å². The second-order valence-electron chi connectivity index (χ2n) is 7.75. The fourth-order valence-electron chi connectivity index (χ4n) is 3.98. The molecule has 0 radical (unpaired) electrons. The Bertz CT molecular complexity index is 1130. The zero-order valence-corrected chi connectivity index (χ0v) is 15.9. The first-order valence-electron chi connectivity index (χ1n) is 9.49. The molecule has 1 saturated heterocycles. The molecule has 1 aliphatic heterocycles.